The molecule has 0 fully saturated rings. The molecule has 0 aliphatic heterocycles. The molecule has 0 aromatic carbocycles. The Balaban J connectivity index is 3.87. The van der Waals surface area contributed by atoms with Crippen LogP contribution in [-0.4, -0.2) is 15.6 Å². The fourth-order valence-corrected chi connectivity index (χ4v) is 1.83. The number of carbonyl (C=O) groups is 1. The summed E-state index contributed by atoms with van der Waals surface area (Å²) < 4.78 is 1.45. The number of thiazole rings is 1. The lowest BCUT2D eigenvalue weighted by molar-refractivity contribution is -0.130. The van der Waals surface area contributed by atoms with Gasteiger partial charge in [0, 0.05) is 7.05 Å². The van der Waals surface area contributed by atoms with Crippen LogP contribution in [0.1, 0.15) is 0 Å². The molecule has 6 heteroatoms. The van der Waals surface area contributed by atoms with E-state index in [1.165, 1.54) is 13.1 Å². The van der Waals surface area contributed by atoms with Crippen LogP contribution < -0.4 is 14.8 Å². The molecule has 1 aromatic rings. The fourth-order valence-electron chi connectivity index (χ4n) is 0.914. The lowest BCUT2D eigenvalue weighted by atomic mass is 10.3. The van der Waals surface area contributed by atoms with Gasteiger partial charge in [0.2, 0.25) is 0 Å². The Bertz CT molecular complexity index is 588. The van der Waals surface area contributed by atoms with Gasteiger partial charge in [0.05, 0.1) is 4.53 Å². The van der Waals surface area contributed by atoms with E-state index in [1.807, 2.05) is 0 Å². The van der Waals surface area contributed by atoms with Crippen molar-refractivity contribution in [2.45, 2.75) is 0 Å². The smallest absolute Gasteiger partial charge is 0.349 e. The Kier molecular flexibility index (Phi) is 2.53. The Hall–Kier alpha value is -1.87. The van der Waals surface area contributed by atoms with Crippen LogP contribution in [0.2, 0.25) is 0 Å². The highest BCUT2D eigenvalue weighted by molar-refractivity contribution is 7.07. The Morgan fingerprint density at radius 1 is 1.71 bits per heavy atom. The van der Waals surface area contributed by atoms with Crippen molar-refractivity contribution < 1.29 is 9.90 Å². The second-order valence-corrected chi connectivity index (χ2v) is 3.57. The minimum atomic E-state index is -1.34. The first-order valence-corrected chi connectivity index (χ1v) is 4.33. The summed E-state index contributed by atoms with van der Waals surface area (Å²) in [6.07, 6.45) is 0. The maximum absolute atomic E-state index is 11.2. The summed E-state index contributed by atoms with van der Waals surface area (Å²) in [6.45, 7) is 3.45. The summed E-state index contributed by atoms with van der Waals surface area (Å²) >= 11 is 0.901. The first-order chi connectivity index (χ1) is 6.49. The van der Waals surface area contributed by atoms with Gasteiger partial charge in [-0.3, -0.25) is 4.79 Å². The minimum absolute atomic E-state index is 0.120. The van der Waals surface area contributed by atoms with E-state index < -0.39 is 11.5 Å². The zero-order chi connectivity index (χ0) is 10.9. The van der Waals surface area contributed by atoms with Gasteiger partial charge in [0.25, 0.3) is 5.56 Å². The lowest BCUT2D eigenvalue weighted by Gasteiger charge is -1.89. The fraction of sp³-hybridized carbons (Fsp3) is 0.125. The lowest BCUT2D eigenvalue weighted by Crippen LogP contribution is -2.29. The topological polar surface area (TPSA) is 83.1 Å². The van der Waals surface area contributed by atoms with Gasteiger partial charge in [-0.15, -0.1) is 11.3 Å². The van der Waals surface area contributed by atoms with Gasteiger partial charge in [-0.2, -0.15) is 5.26 Å². The van der Waals surface area contributed by atoms with Crippen LogP contribution in [0.15, 0.2) is 4.79 Å². The minimum Gasteiger partial charge on any atom is -0.477 e. The van der Waals surface area contributed by atoms with Gasteiger partial charge >= 0.3 is 5.97 Å². The maximum atomic E-state index is 11.2. The molecule has 72 valence electrons. The van der Waals surface area contributed by atoms with Crippen molar-refractivity contribution in [2.24, 2.45) is 7.05 Å². The number of rotatable bonds is 1. The summed E-state index contributed by atoms with van der Waals surface area (Å²) in [5.41, 5.74) is -0.816. The number of carboxylic acids is 1. The number of nitrogens with zero attached hydrogens (tertiary/aromatic N) is 2. The van der Waals surface area contributed by atoms with Gasteiger partial charge in [-0.05, 0) is 0 Å². The Morgan fingerprint density at radius 3 is 2.57 bits per heavy atom. The zero-order valence-electron chi connectivity index (χ0n) is 7.27. The molecule has 1 aromatic heterocycles. The molecule has 1 N–H and O–H groups in total. The third-order valence-corrected chi connectivity index (χ3v) is 2.70. The van der Waals surface area contributed by atoms with Crippen molar-refractivity contribution in [2.75, 3.05) is 0 Å². The SMILES string of the molecule is C=c1s/c(=C(\C#N)C(=O)O)n(C)c1=O. The van der Waals surface area contributed by atoms with Crippen molar-refractivity contribution in [3.63, 3.8) is 0 Å². The summed E-state index contributed by atoms with van der Waals surface area (Å²) in [6, 6.07) is 1.54. The van der Waals surface area contributed by atoms with E-state index >= 15 is 0 Å². The van der Waals surface area contributed by atoms with Gasteiger partial charge in [0.15, 0.2) is 5.57 Å². The normalized spacial score (nSPS) is 12.0. The van der Waals surface area contributed by atoms with E-state index in [0.29, 0.717) is 0 Å². The van der Waals surface area contributed by atoms with Crippen molar-refractivity contribution in [3.05, 3.63) is 19.5 Å². The zero-order valence-corrected chi connectivity index (χ0v) is 8.09. The van der Waals surface area contributed by atoms with Gasteiger partial charge < -0.3 is 9.67 Å². The molecule has 1 heterocycles. The Morgan fingerprint density at radius 2 is 2.29 bits per heavy atom. The predicted molar refractivity (Wildman–Crippen MR) is 51.0 cm³/mol. The summed E-state index contributed by atoms with van der Waals surface area (Å²) in [5, 5.41) is 17.2. The highest BCUT2D eigenvalue weighted by Crippen LogP contribution is 1.89. The van der Waals surface area contributed by atoms with Gasteiger partial charge in [0.1, 0.15) is 10.7 Å². The highest BCUT2D eigenvalue weighted by atomic mass is 32.1. The summed E-state index contributed by atoms with van der Waals surface area (Å²) in [5.74, 6) is -1.34. The van der Waals surface area contributed by atoms with E-state index in [1.54, 1.807) is 0 Å². The molecule has 0 aliphatic rings. The molecule has 1 rings (SSSR count). The molecule has 0 atom stereocenters. The van der Waals surface area contributed by atoms with E-state index in [9.17, 15) is 9.59 Å². The molecule has 0 amide bonds. The molecular weight excluding hydrogens is 204 g/mol. The van der Waals surface area contributed by atoms with Crippen LogP contribution in [0.5, 0.6) is 0 Å². The highest BCUT2D eigenvalue weighted by Gasteiger charge is 2.11. The molecule has 0 saturated heterocycles. The van der Waals surface area contributed by atoms with E-state index in [0.717, 1.165) is 15.9 Å². The van der Waals surface area contributed by atoms with Crippen LogP contribution in [0.4, 0.5) is 0 Å². The number of aromatic nitrogens is 1. The second kappa shape index (κ2) is 3.47. The quantitative estimate of drug-likeness (QED) is 0.619. The average molecular weight is 210 g/mol. The molecule has 0 saturated carbocycles. The Labute approximate surface area is 82.5 Å². The van der Waals surface area contributed by atoms with E-state index in [-0.39, 0.29) is 14.8 Å². The third-order valence-electron chi connectivity index (χ3n) is 1.61. The molecule has 0 aliphatic carbocycles. The van der Waals surface area contributed by atoms with Crippen LogP contribution in [0, 0.1) is 11.3 Å². The molecular formula is C8H6N2O3S. The molecule has 0 unspecified atom stereocenters. The predicted octanol–water partition coefficient (Wildman–Crippen LogP) is -1.38. The van der Waals surface area contributed by atoms with E-state index in [2.05, 4.69) is 6.58 Å². The third kappa shape index (κ3) is 1.45. The summed E-state index contributed by atoms with van der Waals surface area (Å²) in [7, 11) is 1.41. The number of aliphatic carboxylic acids is 1. The van der Waals surface area contributed by atoms with E-state index in [4.69, 9.17) is 10.4 Å². The monoisotopic (exact) mass is 210 g/mol. The van der Waals surface area contributed by atoms with Crippen LogP contribution in [0.3, 0.4) is 0 Å². The van der Waals surface area contributed by atoms with Crippen LogP contribution >= 0.6 is 11.3 Å². The number of hydrogen-bond donors (Lipinski definition) is 1. The molecule has 5 nitrogen and oxygen atoms in total. The first-order valence-electron chi connectivity index (χ1n) is 3.51. The van der Waals surface area contributed by atoms with Gasteiger partial charge in [-0.1, -0.05) is 6.58 Å². The van der Waals surface area contributed by atoms with Crippen molar-refractivity contribution in [3.8, 4) is 6.07 Å². The largest absolute Gasteiger partial charge is 0.477 e. The molecule has 0 radical (unpaired) electrons. The van der Waals surface area contributed by atoms with Crippen molar-refractivity contribution in [1.82, 2.24) is 4.57 Å². The van der Waals surface area contributed by atoms with Crippen molar-refractivity contribution >= 4 is 29.5 Å². The van der Waals surface area contributed by atoms with Gasteiger partial charge in [-0.25, -0.2) is 4.79 Å². The molecule has 0 spiro atoms. The summed E-state index contributed by atoms with van der Waals surface area (Å²) in [4.78, 5) is 21.8. The first kappa shape index (κ1) is 10.2. The standard InChI is InChI=1S/C8H6N2O3S/c1-4-6(11)10(2)7(14-4)5(3-9)8(12)13/h1H2,2H3,(H,12,13)/b7-5+. The van der Waals surface area contributed by atoms with Crippen LogP contribution in [-0.2, 0) is 11.8 Å². The van der Waals surface area contributed by atoms with Crippen molar-refractivity contribution in [1.29, 1.82) is 5.26 Å². The average Bonchev–Trinajstić information content (AvgIpc) is 2.35. The second-order valence-electron chi connectivity index (χ2n) is 2.49. The number of nitriles is 1. The molecule has 0 bridgehead atoms. The number of hydrogen-bond acceptors (Lipinski definition) is 4. The van der Waals surface area contributed by atoms with Crippen LogP contribution in [0.25, 0.3) is 12.2 Å². The number of carboxylic acid groups (broad SMARTS) is 1. The maximum Gasteiger partial charge on any atom is 0.349 e. The molecule has 14 heavy (non-hydrogen) atoms.